The van der Waals surface area contributed by atoms with Crippen LogP contribution in [0.2, 0.25) is 0 Å². The molecule has 0 fully saturated rings. The lowest BCUT2D eigenvalue weighted by molar-refractivity contribution is -0.0139. The van der Waals surface area contributed by atoms with Crippen molar-refractivity contribution in [3.63, 3.8) is 0 Å². The summed E-state index contributed by atoms with van der Waals surface area (Å²) in [6.45, 7) is 4.69. The van der Waals surface area contributed by atoms with Gasteiger partial charge in [0.1, 0.15) is 5.56 Å². The fraction of sp³-hybridized carbons (Fsp3) is 0.600. The Morgan fingerprint density at radius 2 is 2.38 bits per heavy atom. The van der Waals surface area contributed by atoms with Crippen molar-refractivity contribution >= 4 is 11.6 Å². The monoisotopic (exact) mass is 138 g/mol. The molecule has 0 saturated carbocycles. The van der Waals surface area contributed by atoms with Crippen LogP contribution in [-0.4, -0.2) is 11.9 Å². The van der Waals surface area contributed by atoms with Crippen molar-refractivity contribution in [1.29, 1.82) is 0 Å². The highest BCUT2D eigenvalue weighted by atomic mass is 35.5. The minimum absolute atomic E-state index is 0.594. The SMILES string of the molecule is C=CC(F)OC(C)Cl. The third-order valence-corrected chi connectivity index (χ3v) is 0.606. The molecular formula is C5H8ClFO. The van der Waals surface area contributed by atoms with Gasteiger partial charge in [0.05, 0.1) is 0 Å². The molecule has 0 heterocycles. The summed E-state index contributed by atoms with van der Waals surface area (Å²) in [6.07, 6.45) is -0.402. The highest BCUT2D eigenvalue weighted by Gasteiger charge is 2.02. The van der Waals surface area contributed by atoms with E-state index in [2.05, 4.69) is 11.3 Å². The molecule has 0 saturated heterocycles. The van der Waals surface area contributed by atoms with Gasteiger partial charge in [0, 0.05) is 0 Å². The summed E-state index contributed by atoms with van der Waals surface area (Å²) in [5.41, 5.74) is -0.594. The fourth-order valence-corrected chi connectivity index (χ4v) is 0.333. The van der Waals surface area contributed by atoms with Gasteiger partial charge in [-0.25, -0.2) is 4.39 Å². The molecule has 0 aromatic carbocycles. The molecule has 0 spiro atoms. The standard InChI is InChI=1S/C5H8ClFO/c1-3-5(7)8-4(2)6/h3-5H,1H2,2H3. The molecule has 0 amide bonds. The molecule has 1 nitrogen and oxygen atoms in total. The van der Waals surface area contributed by atoms with Crippen LogP contribution in [0, 0.1) is 0 Å². The Bertz CT molecular complexity index is 74.8. The van der Waals surface area contributed by atoms with Gasteiger partial charge < -0.3 is 4.74 Å². The first kappa shape index (κ1) is 7.92. The van der Waals surface area contributed by atoms with E-state index in [0.717, 1.165) is 6.08 Å². The Labute approximate surface area is 53.1 Å². The molecule has 0 aromatic heterocycles. The summed E-state index contributed by atoms with van der Waals surface area (Å²) >= 11 is 5.24. The third-order valence-electron chi connectivity index (χ3n) is 0.503. The number of hydrogen-bond donors (Lipinski definition) is 0. The van der Waals surface area contributed by atoms with E-state index in [1.165, 1.54) is 6.92 Å². The molecule has 0 rings (SSSR count). The average molecular weight is 139 g/mol. The van der Waals surface area contributed by atoms with Crippen molar-refractivity contribution in [1.82, 2.24) is 0 Å². The predicted octanol–water partition coefficient (Wildman–Crippen LogP) is 2.07. The first-order chi connectivity index (χ1) is 3.66. The molecule has 2 unspecified atom stereocenters. The number of ether oxygens (including phenoxy) is 1. The summed E-state index contributed by atoms with van der Waals surface area (Å²) in [5.74, 6) is 0. The molecule has 3 heteroatoms. The lowest BCUT2D eigenvalue weighted by Gasteiger charge is -2.05. The first-order valence-corrected chi connectivity index (χ1v) is 2.66. The molecule has 2 atom stereocenters. The summed E-state index contributed by atoms with van der Waals surface area (Å²) in [4.78, 5) is 0. The van der Waals surface area contributed by atoms with Crippen LogP contribution in [0.5, 0.6) is 0 Å². The molecule has 0 aromatic rings. The van der Waals surface area contributed by atoms with E-state index < -0.39 is 11.9 Å². The normalized spacial score (nSPS) is 17.4. The lowest BCUT2D eigenvalue weighted by Crippen LogP contribution is -2.07. The van der Waals surface area contributed by atoms with Gasteiger partial charge in [0.25, 0.3) is 0 Å². The van der Waals surface area contributed by atoms with Crippen molar-refractivity contribution in [2.45, 2.75) is 18.8 Å². The van der Waals surface area contributed by atoms with Crippen molar-refractivity contribution < 1.29 is 9.13 Å². The van der Waals surface area contributed by atoms with Crippen molar-refractivity contribution in [3.05, 3.63) is 12.7 Å². The minimum Gasteiger partial charge on any atom is -0.326 e. The second-order valence-corrected chi connectivity index (χ2v) is 1.88. The number of hydrogen-bond acceptors (Lipinski definition) is 1. The molecule has 0 aliphatic heterocycles. The van der Waals surface area contributed by atoms with Gasteiger partial charge in [-0.1, -0.05) is 18.2 Å². The highest BCUT2D eigenvalue weighted by molar-refractivity contribution is 6.19. The Kier molecular flexibility index (Phi) is 3.83. The smallest absolute Gasteiger partial charge is 0.219 e. The highest BCUT2D eigenvalue weighted by Crippen LogP contribution is 2.02. The zero-order valence-electron chi connectivity index (χ0n) is 4.60. The molecule has 0 radical (unpaired) electrons. The van der Waals surface area contributed by atoms with E-state index >= 15 is 0 Å². The van der Waals surface area contributed by atoms with E-state index in [9.17, 15) is 4.39 Å². The first-order valence-electron chi connectivity index (χ1n) is 2.23. The number of rotatable bonds is 3. The molecular weight excluding hydrogens is 131 g/mol. The second-order valence-electron chi connectivity index (χ2n) is 1.27. The zero-order valence-corrected chi connectivity index (χ0v) is 5.36. The summed E-state index contributed by atoms with van der Waals surface area (Å²) in [5, 5.41) is 0. The van der Waals surface area contributed by atoms with E-state index in [-0.39, 0.29) is 0 Å². The maximum atomic E-state index is 12.0. The predicted molar refractivity (Wildman–Crippen MR) is 31.5 cm³/mol. The van der Waals surface area contributed by atoms with Crippen molar-refractivity contribution in [2.75, 3.05) is 0 Å². The maximum absolute atomic E-state index is 12.0. The molecule has 0 N–H and O–H groups in total. The van der Waals surface area contributed by atoms with Crippen LogP contribution in [0.3, 0.4) is 0 Å². The maximum Gasteiger partial charge on any atom is 0.219 e. The minimum atomic E-state index is -1.44. The van der Waals surface area contributed by atoms with Crippen molar-refractivity contribution in [2.24, 2.45) is 0 Å². The molecule has 0 bridgehead atoms. The fourth-order valence-electron chi connectivity index (χ4n) is 0.235. The van der Waals surface area contributed by atoms with Gasteiger partial charge >= 0.3 is 0 Å². The van der Waals surface area contributed by atoms with Gasteiger partial charge in [-0.2, -0.15) is 0 Å². The Hall–Kier alpha value is -0.0800. The second kappa shape index (κ2) is 3.87. The molecule has 0 aliphatic carbocycles. The van der Waals surface area contributed by atoms with Gasteiger partial charge in [-0.3, -0.25) is 0 Å². The van der Waals surface area contributed by atoms with E-state index in [4.69, 9.17) is 11.6 Å². The Morgan fingerprint density at radius 3 is 2.50 bits per heavy atom. The van der Waals surface area contributed by atoms with Crippen LogP contribution >= 0.6 is 11.6 Å². The quantitative estimate of drug-likeness (QED) is 0.429. The van der Waals surface area contributed by atoms with E-state index in [0.29, 0.717) is 0 Å². The Morgan fingerprint density at radius 1 is 1.88 bits per heavy atom. The van der Waals surface area contributed by atoms with Crippen molar-refractivity contribution in [3.8, 4) is 0 Å². The van der Waals surface area contributed by atoms with Crippen LogP contribution in [0.1, 0.15) is 6.92 Å². The summed E-state index contributed by atoms with van der Waals surface area (Å²) in [7, 11) is 0. The molecule has 8 heavy (non-hydrogen) atoms. The van der Waals surface area contributed by atoms with Gasteiger partial charge in [0.2, 0.25) is 6.36 Å². The number of halogens is 2. The van der Waals surface area contributed by atoms with Crippen LogP contribution in [0.25, 0.3) is 0 Å². The summed E-state index contributed by atoms with van der Waals surface area (Å²) < 4.78 is 16.3. The van der Waals surface area contributed by atoms with Crippen LogP contribution in [0.4, 0.5) is 4.39 Å². The third kappa shape index (κ3) is 4.09. The van der Waals surface area contributed by atoms with Gasteiger partial charge in [-0.15, -0.1) is 0 Å². The lowest BCUT2D eigenvalue weighted by atomic mass is 10.6. The number of alkyl halides is 2. The molecule has 0 aliphatic rings. The zero-order chi connectivity index (χ0) is 6.57. The topological polar surface area (TPSA) is 9.23 Å². The largest absolute Gasteiger partial charge is 0.326 e. The van der Waals surface area contributed by atoms with Gasteiger partial charge in [0.15, 0.2) is 0 Å². The summed E-state index contributed by atoms with van der Waals surface area (Å²) in [6, 6.07) is 0. The molecule has 48 valence electrons. The van der Waals surface area contributed by atoms with Crippen LogP contribution < -0.4 is 0 Å². The average Bonchev–Trinajstić information content (AvgIpc) is 1.65. The van der Waals surface area contributed by atoms with Crippen LogP contribution in [0.15, 0.2) is 12.7 Å². The van der Waals surface area contributed by atoms with E-state index in [1.54, 1.807) is 0 Å². The van der Waals surface area contributed by atoms with Gasteiger partial charge in [-0.05, 0) is 13.0 Å². The van der Waals surface area contributed by atoms with E-state index in [1.807, 2.05) is 0 Å². The Balaban J connectivity index is 3.23. The van der Waals surface area contributed by atoms with Crippen LogP contribution in [-0.2, 0) is 4.74 Å².